The predicted molar refractivity (Wildman–Crippen MR) is 83.7 cm³/mol. The van der Waals surface area contributed by atoms with Gasteiger partial charge in [-0.1, -0.05) is 0 Å². The first-order valence-electron chi connectivity index (χ1n) is 8.82. The van der Waals surface area contributed by atoms with Crippen LogP contribution in [0.25, 0.3) is 0 Å². The number of aromatic nitrogens is 2. The highest BCUT2D eigenvalue weighted by molar-refractivity contribution is 5.06. The van der Waals surface area contributed by atoms with Gasteiger partial charge in [0.15, 0.2) is 0 Å². The van der Waals surface area contributed by atoms with E-state index < -0.39 is 0 Å². The van der Waals surface area contributed by atoms with Crippen LogP contribution in [0.3, 0.4) is 0 Å². The standard InChI is InChI=1S/C17H27N3O2/c1-2-14(1)13-22-10-6-17-12-19(15-4-8-21-9-5-15)11-16-3-7-18-20(16)17/h3,7,14-15,17H,1-2,4-6,8-13H2. The lowest BCUT2D eigenvalue weighted by Gasteiger charge is -2.40. The third kappa shape index (κ3) is 3.36. The minimum atomic E-state index is 0.459. The minimum absolute atomic E-state index is 0.459. The molecule has 3 heterocycles. The number of ether oxygens (including phenoxy) is 2. The molecule has 0 radical (unpaired) electrons. The van der Waals surface area contributed by atoms with Crippen LogP contribution in [-0.2, 0) is 16.0 Å². The lowest BCUT2D eigenvalue weighted by atomic mass is 10.0. The van der Waals surface area contributed by atoms with Gasteiger partial charge in [-0.3, -0.25) is 9.58 Å². The summed E-state index contributed by atoms with van der Waals surface area (Å²) in [5.74, 6) is 0.852. The molecule has 0 spiro atoms. The summed E-state index contributed by atoms with van der Waals surface area (Å²) in [6.45, 7) is 5.78. The molecule has 2 aliphatic heterocycles. The van der Waals surface area contributed by atoms with E-state index in [9.17, 15) is 0 Å². The number of hydrogen-bond acceptors (Lipinski definition) is 4. The average Bonchev–Trinajstić information content (AvgIpc) is 3.26. The molecule has 3 aliphatic rings. The summed E-state index contributed by atoms with van der Waals surface area (Å²) in [5.41, 5.74) is 1.35. The maximum absolute atomic E-state index is 5.85. The number of hydrogen-bond donors (Lipinski definition) is 0. The Balaban J connectivity index is 1.36. The van der Waals surface area contributed by atoms with Crippen molar-refractivity contribution < 1.29 is 9.47 Å². The van der Waals surface area contributed by atoms with Crippen LogP contribution >= 0.6 is 0 Å². The van der Waals surface area contributed by atoms with Gasteiger partial charge in [0.25, 0.3) is 0 Å². The number of fused-ring (bicyclic) bond motifs is 1. The van der Waals surface area contributed by atoms with Gasteiger partial charge in [-0.2, -0.15) is 5.10 Å². The van der Waals surface area contributed by atoms with Crippen molar-refractivity contribution in [1.29, 1.82) is 0 Å². The quantitative estimate of drug-likeness (QED) is 0.756. The van der Waals surface area contributed by atoms with Crippen molar-refractivity contribution in [1.82, 2.24) is 14.7 Å². The molecule has 1 unspecified atom stereocenters. The van der Waals surface area contributed by atoms with E-state index in [1.54, 1.807) is 0 Å². The van der Waals surface area contributed by atoms with Gasteiger partial charge in [-0.15, -0.1) is 0 Å². The Bertz CT molecular complexity index is 480. The lowest BCUT2D eigenvalue weighted by molar-refractivity contribution is 0.0119. The van der Waals surface area contributed by atoms with Crippen LogP contribution in [0.1, 0.15) is 43.8 Å². The molecule has 1 aliphatic carbocycles. The zero-order valence-electron chi connectivity index (χ0n) is 13.3. The summed E-state index contributed by atoms with van der Waals surface area (Å²) in [6, 6.07) is 3.30. The Morgan fingerprint density at radius 3 is 2.91 bits per heavy atom. The highest BCUT2D eigenvalue weighted by Crippen LogP contribution is 2.30. The van der Waals surface area contributed by atoms with Crippen molar-refractivity contribution in [3.8, 4) is 0 Å². The zero-order valence-corrected chi connectivity index (χ0v) is 13.3. The first-order valence-corrected chi connectivity index (χ1v) is 8.82. The normalized spacial score (nSPS) is 27.0. The molecule has 1 saturated carbocycles. The van der Waals surface area contributed by atoms with Gasteiger partial charge in [0.05, 0.1) is 11.7 Å². The van der Waals surface area contributed by atoms with E-state index in [4.69, 9.17) is 9.47 Å². The predicted octanol–water partition coefficient (Wildman–Crippen LogP) is 2.24. The summed E-state index contributed by atoms with van der Waals surface area (Å²) >= 11 is 0. The second-order valence-electron chi connectivity index (χ2n) is 7.00. The van der Waals surface area contributed by atoms with E-state index in [1.807, 2.05) is 6.20 Å². The Labute approximate surface area is 132 Å². The van der Waals surface area contributed by atoms with Crippen LogP contribution < -0.4 is 0 Å². The topological polar surface area (TPSA) is 39.5 Å². The van der Waals surface area contributed by atoms with Gasteiger partial charge in [-0.25, -0.2) is 0 Å². The van der Waals surface area contributed by atoms with Crippen molar-refractivity contribution >= 4 is 0 Å². The molecule has 122 valence electrons. The average molecular weight is 305 g/mol. The van der Waals surface area contributed by atoms with Crippen LogP contribution in [0.4, 0.5) is 0 Å². The van der Waals surface area contributed by atoms with Gasteiger partial charge in [0, 0.05) is 51.8 Å². The summed E-state index contributed by atoms with van der Waals surface area (Å²) in [5, 5.41) is 4.55. The van der Waals surface area contributed by atoms with Crippen molar-refractivity contribution in [3.05, 3.63) is 18.0 Å². The highest BCUT2D eigenvalue weighted by Gasteiger charge is 2.30. The number of rotatable bonds is 6. The zero-order chi connectivity index (χ0) is 14.8. The Morgan fingerprint density at radius 2 is 2.09 bits per heavy atom. The molecule has 1 aromatic heterocycles. The third-order valence-electron chi connectivity index (χ3n) is 5.26. The van der Waals surface area contributed by atoms with Crippen molar-refractivity contribution in [2.24, 2.45) is 5.92 Å². The molecule has 4 rings (SSSR count). The van der Waals surface area contributed by atoms with Crippen LogP contribution in [0.2, 0.25) is 0 Å². The first kappa shape index (κ1) is 14.7. The van der Waals surface area contributed by atoms with E-state index in [-0.39, 0.29) is 0 Å². The SMILES string of the molecule is c1cc2n(n1)C(CCOCC1CC1)CN(C1CCOCC1)C2. The third-order valence-corrected chi connectivity index (χ3v) is 5.26. The van der Waals surface area contributed by atoms with Crippen LogP contribution in [0.15, 0.2) is 12.3 Å². The molecule has 1 aromatic rings. The van der Waals surface area contributed by atoms with Gasteiger partial charge in [0.2, 0.25) is 0 Å². The second-order valence-corrected chi connectivity index (χ2v) is 7.00. The van der Waals surface area contributed by atoms with E-state index in [2.05, 4.69) is 20.7 Å². The molecule has 0 bridgehead atoms. The minimum Gasteiger partial charge on any atom is -0.381 e. The van der Waals surface area contributed by atoms with Crippen molar-refractivity contribution in [3.63, 3.8) is 0 Å². The molecule has 0 N–H and O–H groups in total. The monoisotopic (exact) mass is 305 g/mol. The first-order chi connectivity index (χ1) is 10.9. The maximum atomic E-state index is 5.85. The Hall–Kier alpha value is -0.910. The van der Waals surface area contributed by atoms with Gasteiger partial charge >= 0.3 is 0 Å². The maximum Gasteiger partial charge on any atom is 0.0672 e. The van der Waals surface area contributed by atoms with E-state index in [0.717, 1.165) is 51.9 Å². The fraction of sp³-hybridized carbons (Fsp3) is 0.824. The summed E-state index contributed by atoms with van der Waals surface area (Å²) in [6.07, 6.45) is 8.08. The molecule has 5 heteroatoms. The molecular formula is C17H27N3O2. The lowest BCUT2D eigenvalue weighted by Crippen LogP contribution is -2.46. The van der Waals surface area contributed by atoms with E-state index >= 15 is 0 Å². The molecule has 0 amide bonds. The molecule has 2 fully saturated rings. The molecule has 1 atom stereocenters. The van der Waals surface area contributed by atoms with Crippen molar-refractivity contribution in [2.75, 3.05) is 33.0 Å². The summed E-state index contributed by atoms with van der Waals surface area (Å²) < 4.78 is 13.6. The van der Waals surface area contributed by atoms with Gasteiger partial charge in [0.1, 0.15) is 0 Å². The fourth-order valence-electron chi connectivity index (χ4n) is 3.71. The van der Waals surface area contributed by atoms with Crippen molar-refractivity contribution in [2.45, 2.75) is 50.7 Å². The molecule has 1 saturated heterocycles. The fourth-order valence-corrected chi connectivity index (χ4v) is 3.71. The summed E-state index contributed by atoms with van der Waals surface area (Å²) in [7, 11) is 0. The molecule has 0 aromatic carbocycles. The van der Waals surface area contributed by atoms with Crippen LogP contribution in [-0.4, -0.2) is 53.7 Å². The van der Waals surface area contributed by atoms with E-state index in [1.165, 1.54) is 31.4 Å². The molecule has 5 nitrogen and oxygen atoms in total. The van der Waals surface area contributed by atoms with Gasteiger partial charge < -0.3 is 9.47 Å². The smallest absolute Gasteiger partial charge is 0.0672 e. The Morgan fingerprint density at radius 1 is 1.23 bits per heavy atom. The summed E-state index contributed by atoms with van der Waals surface area (Å²) in [4.78, 5) is 2.64. The largest absolute Gasteiger partial charge is 0.381 e. The van der Waals surface area contributed by atoms with Crippen LogP contribution in [0, 0.1) is 5.92 Å². The molecule has 22 heavy (non-hydrogen) atoms. The Kier molecular flexibility index (Phi) is 4.46. The van der Waals surface area contributed by atoms with E-state index in [0.29, 0.717) is 12.1 Å². The molecular weight excluding hydrogens is 278 g/mol. The number of nitrogens with zero attached hydrogens (tertiary/aromatic N) is 3. The second kappa shape index (κ2) is 6.69. The van der Waals surface area contributed by atoms with Gasteiger partial charge in [-0.05, 0) is 44.1 Å². The highest BCUT2D eigenvalue weighted by atomic mass is 16.5. The van der Waals surface area contributed by atoms with Crippen LogP contribution in [0.5, 0.6) is 0 Å².